The van der Waals surface area contributed by atoms with Gasteiger partial charge in [0.05, 0.1) is 17.5 Å². The number of anilines is 1. The molecule has 0 aliphatic carbocycles. The molecule has 0 spiro atoms. The first-order chi connectivity index (χ1) is 16.8. The lowest BCUT2D eigenvalue weighted by atomic mass is 9.97. The van der Waals surface area contributed by atoms with E-state index in [0.717, 1.165) is 6.42 Å². The van der Waals surface area contributed by atoms with Gasteiger partial charge in [-0.1, -0.05) is 17.7 Å². The lowest BCUT2D eigenvalue weighted by Gasteiger charge is -2.33. The fraction of sp³-hybridized carbons (Fsp3) is 0.346. The van der Waals surface area contributed by atoms with E-state index in [4.69, 9.17) is 16.3 Å². The molecule has 1 fully saturated rings. The Balaban J connectivity index is 1.55. The van der Waals surface area contributed by atoms with Crippen LogP contribution in [0.1, 0.15) is 26.7 Å². The summed E-state index contributed by atoms with van der Waals surface area (Å²) in [5.74, 6) is -1.15. The number of aromatic amines is 1. The van der Waals surface area contributed by atoms with Crippen molar-refractivity contribution in [2.75, 3.05) is 25.0 Å². The number of carbonyl (C=O) groups is 2. The Labute approximate surface area is 207 Å². The molecule has 1 aromatic heterocycles. The number of carbonyl (C=O) groups excluding carboxylic acids is 2. The zero-order valence-corrected chi connectivity index (χ0v) is 20.3. The third kappa shape index (κ3) is 5.32. The van der Waals surface area contributed by atoms with Crippen LogP contribution in [0, 0.1) is 11.7 Å². The Morgan fingerprint density at radius 1 is 1.23 bits per heavy atom. The molecular formula is C26H27ClFN3O4. The fourth-order valence-corrected chi connectivity index (χ4v) is 4.77. The summed E-state index contributed by atoms with van der Waals surface area (Å²) in [4.78, 5) is 42.2. The first-order valence-corrected chi connectivity index (χ1v) is 12.0. The molecular weight excluding hydrogens is 473 g/mol. The third-order valence-corrected chi connectivity index (χ3v) is 6.54. The molecule has 35 heavy (non-hydrogen) atoms. The number of nitrogens with one attached hydrogen (secondary N) is 2. The minimum Gasteiger partial charge on any atom is -0.466 e. The van der Waals surface area contributed by atoms with Crippen molar-refractivity contribution < 1.29 is 18.7 Å². The van der Waals surface area contributed by atoms with Crippen LogP contribution >= 0.6 is 11.6 Å². The van der Waals surface area contributed by atoms with Crippen molar-refractivity contribution in [1.29, 1.82) is 0 Å². The van der Waals surface area contributed by atoms with E-state index in [2.05, 4.69) is 10.3 Å². The minimum absolute atomic E-state index is 0.125. The van der Waals surface area contributed by atoms with Crippen LogP contribution in [0.25, 0.3) is 21.9 Å². The van der Waals surface area contributed by atoms with Crippen molar-refractivity contribution >= 4 is 39.9 Å². The van der Waals surface area contributed by atoms with Crippen LogP contribution in [0.15, 0.2) is 47.4 Å². The van der Waals surface area contributed by atoms with E-state index in [1.807, 2.05) is 0 Å². The van der Waals surface area contributed by atoms with Crippen LogP contribution in [0.5, 0.6) is 0 Å². The molecule has 2 N–H and O–H groups in total. The van der Waals surface area contributed by atoms with Gasteiger partial charge in [0.2, 0.25) is 5.91 Å². The highest BCUT2D eigenvalue weighted by Gasteiger charge is 2.31. The number of pyridine rings is 1. The number of likely N-dealkylation sites (tertiary alicyclic amines) is 1. The third-order valence-electron chi connectivity index (χ3n) is 6.23. The average Bonchev–Trinajstić information content (AvgIpc) is 2.85. The number of aromatic nitrogens is 1. The van der Waals surface area contributed by atoms with E-state index in [9.17, 15) is 18.8 Å². The van der Waals surface area contributed by atoms with Gasteiger partial charge in [-0.25, -0.2) is 4.39 Å². The molecule has 4 rings (SSSR count). The smallest absolute Gasteiger partial charge is 0.310 e. The molecule has 0 bridgehead atoms. The second kappa shape index (κ2) is 10.5. The highest BCUT2D eigenvalue weighted by molar-refractivity contribution is 6.33. The molecule has 3 aromatic rings. The fourth-order valence-electron chi connectivity index (χ4n) is 4.50. The maximum atomic E-state index is 13.5. The molecule has 184 valence electrons. The standard InChI is InChI=1S/C26H27ClFN3O4/c1-3-35-26(34)16-5-4-10-31(14-16)25(33)15(2)30-18-7-9-19-21(12-18)24(32)29-13-22(19)20-8-6-17(28)11-23(20)27/h6-9,11-13,15-16,30H,3-5,10,14H2,1-2H3,(H,29,32)/t15?,16-/m0/s1. The number of piperidine rings is 1. The van der Waals surface area contributed by atoms with Crippen molar-refractivity contribution in [3.05, 3.63) is 63.8 Å². The van der Waals surface area contributed by atoms with Gasteiger partial charge in [-0.05, 0) is 62.4 Å². The van der Waals surface area contributed by atoms with Gasteiger partial charge >= 0.3 is 5.97 Å². The van der Waals surface area contributed by atoms with E-state index >= 15 is 0 Å². The van der Waals surface area contributed by atoms with Crippen molar-refractivity contribution in [3.8, 4) is 11.1 Å². The predicted molar refractivity (Wildman–Crippen MR) is 134 cm³/mol. The number of nitrogens with zero attached hydrogens (tertiary/aromatic N) is 1. The normalized spacial score (nSPS) is 16.7. The SMILES string of the molecule is CCOC(=O)[C@H]1CCCN(C(=O)C(C)Nc2ccc3c(-c4ccc(F)cc4Cl)c[nH]c(=O)c3c2)C1. The quantitative estimate of drug-likeness (QED) is 0.484. The van der Waals surface area contributed by atoms with E-state index in [0.29, 0.717) is 53.7 Å². The number of rotatable bonds is 6. The van der Waals surface area contributed by atoms with Gasteiger partial charge in [-0.3, -0.25) is 14.4 Å². The molecule has 1 saturated heterocycles. The number of esters is 1. The van der Waals surface area contributed by atoms with Gasteiger partial charge < -0.3 is 19.9 Å². The lowest BCUT2D eigenvalue weighted by molar-refractivity contribution is -0.151. The number of ether oxygens (including phenoxy) is 1. The second-order valence-corrected chi connectivity index (χ2v) is 9.06. The Hall–Kier alpha value is -3.39. The average molecular weight is 500 g/mol. The molecule has 1 unspecified atom stereocenters. The van der Waals surface area contributed by atoms with E-state index < -0.39 is 11.9 Å². The number of hydrogen-bond donors (Lipinski definition) is 2. The second-order valence-electron chi connectivity index (χ2n) is 8.66. The highest BCUT2D eigenvalue weighted by Crippen LogP contribution is 2.33. The Morgan fingerprint density at radius 3 is 2.77 bits per heavy atom. The van der Waals surface area contributed by atoms with Crippen LogP contribution in [0.3, 0.4) is 0 Å². The summed E-state index contributed by atoms with van der Waals surface area (Å²) in [5, 5.41) is 4.47. The predicted octanol–water partition coefficient (Wildman–Crippen LogP) is 4.59. The number of fused-ring (bicyclic) bond motifs is 1. The number of hydrogen-bond acceptors (Lipinski definition) is 5. The van der Waals surface area contributed by atoms with Gasteiger partial charge in [0.15, 0.2) is 0 Å². The molecule has 2 atom stereocenters. The highest BCUT2D eigenvalue weighted by atomic mass is 35.5. The van der Waals surface area contributed by atoms with Gasteiger partial charge in [0.25, 0.3) is 5.56 Å². The van der Waals surface area contributed by atoms with Gasteiger partial charge in [0.1, 0.15) is 11.9 Å². The van der Waals surface area contributed by atoms with Crippen LogP contribution in [0.2, 0.25) is 5.02 Å². The van der Waals surface area contributed by atoms with Crippen molar-refractivity contribution in [2.24, 2.45) is 5.92 Å². The molecule has 0 radical (unpaired) electrons. The first-order valence-electron chi connectivity index (χ1n) is 11.6. The summed E-state index contributed by atoms with van der Waals surface area (Å²) in [6, 6.07) is 8.78. The van der Waals surface area contributed by atoms with E-state index in [1.54, 1.807) is 49.2 Å². The Bertz CT molecular complexity index is 1330. The van der Waals surface area contributed by atoms with Gasteiger partial charge in [0, 0.05) is 41.5 Å². The maximum Gasteiger partial charge on any atom is 0.310 e. The molecule has 1 aliphatic heterocycles. The largest absolute Gasteiger partial charge is 0.466 e. The number of amides is 1. The molecule has 0 saturated carbocycles. The topological polar surface area (TPSA) is 91.5 Å². The molecule has 9 heteroatoms. The van der Waals surface area contributed by atoms with E-state index in [-0.39, 0.29) is 28.4 Å². The summed E-state index contributed by atoms with van der Waals surface area (Å²) in [6.45, 7) is 4.75. The summed E-state index contributed by atoms with van der Waals surface area (Å²) < 4.78 is 18.6. The monoisotopic (exact) mass is 499 g/mol. The van der Waals surface area contributed by atoms with Gasteiger partial charge in [-0.2, -0.15) is 0 Å². The molecule has 7 nitrogen and oxygen atoms in total. The summed E-state index contributed by atoms with van der Waals surface area (Å²) in [6.07, 6.45) is 3.00. The molecule has 1 aliphatic rings. The molecule has 2 aromatic carbocycles. The van der Waals surface area contributed by atoms with Gasteiger partial charge in [-0.15, -0.1) is 0 Å². The Morgan fingerprint density at radius 2 is 2.03 bits per heavy atom. The maximum absolute atomic E-state index is 13.5. The summed E-state index contributed by atoms with van der Waals surface area (Å²) in [7, 11) is 0. The zero-order valence-electron chi connectivity index (χ0n) is 19.6. The number of halogens is 2. The Kier molecular flexibility index (Phi) is 7.40. The lowest BCUT2D eigenvalue weighted by Crippen LogP contribution is -2.48. The zero-order chi connectivity index (χ0) is 25.1. The number of benzene rings is 2. The van der Waals surface area contributed by atoms with Crippen LogP contribution in [0.4, 0.5) is 10.1 Å². The van der Waals surface area contributed by atoms with Crippen LogP contribution in [-0.2, 0) is 14.3 Å². The van der Waals surface area contributed by atoms with Crippen molar-refractivity contribution in [3.63, 3.8) is 0 Å². The molecule has 2 heterocycles. The van der Waals surface area contributed by atoms with Crippen molar-refractivity contribution in [2.45, 2.75) is 32.7 Å². The molecule has 1 amide bonds. The van der Waals surface area contributed by atoms with Crippen LogP contribution in [-0.4, -0.2) is 47.5 Å². The summed E-state index contributed by atoms with van der Waals surface area (Å²) >= 11 is 6.24. The van der Waals surface area contributed by atoms with Crippen molar-refractivity contribution in [1.82, 2.24) is 9.88 Å². The van der Waals surface area contributed by atoms with Crippen LogP contribution < -0.4 is 10.9 Å². The van der Waals surface area contributed by atoms with E-state index in [1.165, 1.54) is 12.1 Å². The number of H-pyrrole nitrogens is 1. The summed E-state index contributed by atoms with van der Waals surface area (Å²) in [5.41, 5.74) is 1.57. The first kappa shape index (κ1) is 24.7. The minimum atomic E-state index is -0.567.